The van der Waals surface area contributed by atoms with Crippen LogP contribution >= 0.6 is 0 Å². The Hall–Kier alpha value is -3.27. The first-order chi connectivity index (χ1) is 16.3. The van der Waals surface area contributed by atoms with Crippen molar-refractivity contribution >= 4 is 21.9 Å². The van der Waals surface area contributed by atoms with Crippen LogP contribution in [0.15, 0.2) is 47.4 Å². The van der Waals surface area contributed by atoms with Gasteiger partial charge >= 0.3 is 0 Å². The van der Waals surface area contributed by atoms with Crippen LogP contribution in [0.2, 0.25) is 0 Å². The Bertz CT molecular complexity index is 1120. The minimum Gasteiger partial charge on any atom is -0.493 e. The monoisotopic (exact) mass is 488 g/mol. The number of carbonyl (C=O) groups is 1. The molecule has 1 amide bonds. The summed E-state index contributed by atoms with van der Waals surface area (Å²) in [5, 5.41) is 11.1. The molecule has 2 N–H and O–H groups in total. The van der Waals surface area contributed by atoms with Crippen molar-refractivity contribution in [1.29, 1.82) is 5.41 Å². The molecule has 0 aromatic heterocycles. The first-order valence-corrected chi connectivity index (χ1v) is 12.7. The summed E-state index contributed by atoms with van der Waals surface area (Å²) in [6.45, 7) is 3.97. The van der Waals surface area contributed by atoms with Crippen molar-refractivity contribution in [3.8, 4) is 11.5 Å². The lowest BCUT2D eigenvalue weighted by Gasteiger charge is -2.21. The van der Waals surface area contributed by atoms with Gasteiger partial charge in [0.25, 0.3) is 15.9 Å². The Morgan fingerprint density at radius 2 is 1.76 bits per heavy atom. The second-order valence-electron chi connectivity index (χ2n) is 7.96. The van der Waals surface area contributed by atoms with E-state index in [-0.39, 0.29) is 23.3 Å². The summed E-state index contributed by atoms with van der Waals surface area (Å²) in [7, 11) is -0.724. The molecule has 3 rings (SSSR count). The number of benzene rings is 2. The quantitative estimate of drug-likeness (QED) is 0.503. The van der Waals surface area contributed by atoms with E-state index in [4.69, 9.17) is 14.9 Å². The number of carbonyl (C=O) groups excluding carboxylic acids is 1. The predicted molar refractivity (Wildman–Crippen MR) is 130 cm³/mol. The highest BCUT2D eigenvalue weighted by Gasteiger charge is 2.34. The van der Waals surface area contributed by atoms with E-state index in [0.29, 0.717) is 43.1 Å². The molecule has 1 aliphatic rings. The molecule has 0 radical (unpaired) electrons. The van der Waals surface area contributed by atoms with Gasteiger partial charge in [0.1, 0.15) is 0 Å². The summed E-state index contributed by atoms with van der Waals surface area (Å²) in [5.74, 6) is 0.828. The maximum absolute atomic E-state index is 13.0. The lowest BCUT2D eigenvalue weighted by molar-refractivity contribution is 0.0953. The van der Waals surface area contributed by atoms with Crippen molar-refractivity contribution in [1.82, 2.24) is 14.5 Å². The fourth-order valence-corrected chi connectivity index (χ4v) is 5.14. The number of methoxy groups -OCH3 is 2. The normalized spacial score (nSPS) is 13.8. The van der Waals surface area contributed by atoms with Gasteiger partial charge in [-0.05, 0) is 48.7 Å². The summed E-state index contributed by atoms with van der Waals surface area (Å²) in [5.41, 5.74) is 1.35. The van der Waals surface area contributed by atoms with Gasteiger partial charge < -0.3 is 19.7 Å². The van der Waals surface area contributed by atoms with Crippen LogP contribution in [0.4, 0.5) is 0 Å². The van der Waals surface area contributed by atoms with Crippen molar-refractivity contribution in [3.05, 3.63) is 53.6 Å². The van der Waals surface area contributed by atoms with E-state index in [1.54, 1.807) is 47.4 Å². The molecular formula is C24H32N4O5S. The van der Waals surface area contributed by atoms with Crippen LogP contribution in [0.1, 0.15) is 35.7 Å². The van der Waals surface area contributed by atoms with Gasteiger partial charge in [0, 0.05) is 25.2 Å². The van der Waals surface area contributed by atoms with Crippen molar-refractivity contribution in [3.63, 3.8) is 0 Å². The number of amides is 1. The highest BCUT2D eigenvalue weighted by atomic mass is 32.2. The Labute approximate surface area is 201 Å². The van der Waals surface area contributed by atoms with Crippen LogP contribution in [0.5, 0.6) is 11.5 Å². The lowest BCUT2D eigenvalue weighted by atomic mass is 10.1. The summed E-state index contributed by atoms with van der Waals surface area (Å²) >= 11 is 0. The third-order valence-electron chi connectivity index (χ3n) is 5.75. The molecule has 0 unspecified atom stereocenters. The predicted octanol–water partition coefficient (Wildman–Crippen LogP) is 2.72. The van der Waals surface area contributed by atoms with Gasteiger partial charge in [-0.25, -0.2) is 12.7 Å². The van der Waals surface area contributed by atoms with Crippen molar-refractivity contribution < 1.29 is 22.7 Å². The maximum Gasteiger partial charge on any atom is 0.266 e. The van der Waals surface area contributed by atoms with E-state index in [2.05, 4.69) is 12.2 Å². The van der Waals surface area contributed by atoms with Gasteiger partial charge in [0.15, 0.2) is 11.5 Å². The molecule has 0 bridgehead atoms. The molecule has 1 heterocycles. The lowest BCUT2D eigenvalue weighted by Crippen LogP contribution is -2.37. The third-order valence-corrected chi connectivity index (χ3v) is 7.55. The number of ether oxygens (including phenoxy) is 2. The van der Waals surface area contributed by atoms with Crippen LogP contribution in [0.3, 0.4) is 0 Å². The van der Waals surface area contributed by atoms with E-state index < -0.39 is 10.0 Å². The Morgan fingerprint density at radius 1 is 1.06 bits per heavy atom. The largest absolute Gasteiger partial charge is 0.493 e. The highest BCUT2D eigenvalue weighted by Crippen LogP contribution is 2.27. The minimum atomic E-state index is -3.77. The van der Waals surface area contributed by atoms with Crippen molar-refractivity contribution in [2.45, 2.75) is 31.1 Å². The molecule has 0 atom stereocenters. The van der Waals surface area contributed by atoms with Crippen LogP contribution < -0.4 is 14.8 Å². The van der Waals surface area contributed by atoms with Crippen molar-refractivity contribution in [2.75, 3.05) is 40.4 Å². The number of nitrogens with zero attached hydrogens (tertiary/aromatic N) is 2. The molecule has 1 saturated heterocycles. The number of unbranched alkanes of at least 4 members (excludes halogenated alkanes) is 1. The summed E-state index contributed by atoms with van der Waals surface area (Å²) < 4.78 is 37.6. The van der Waals surface area contributed by atoms with E-state index >= 15 is 0 Å². The SMILES string of the molecule is CCCCN1CCN(S(=O)(=O)c2ccc(CCNC(=O)c3ccc(OC)c(OC)c3)cc2)C1=N. The van der Waals surface area contributed by atoms with Gasteiger partial charge in [0.05, 0.1) is 25.7 Å². The summed E-state index contributed by atoms with van der Waals surface area (Å²) in [4.78, 5) is 14.4. The number of guanidine groups is 1. The zero-order chi connectivity index (χ0) is 24.7. The average Bonchev–Trinajstić information content (AvgIpc) is 3.23. The maximum atomic E-state index is 13.0. The molecule has 0 spiro atoms. The second kappa shape index (κ2) is 11.2. The van der Waals surface area contributed by atoms with Crippen LogP contribution in [0.25, 0.3) is 0 Å². The molecule has 0 saturated carbocycles. The first-order valence-electron chi connectivity index (χ1n) is 11.3. The zero-order valence-corrected chi connectivity index (χ0v) is 20.7. The molecule has 1 aliphatic heterocycles. The van der Waals surface area contributed by atoms with E-state index in [1.807, 2.05) is 0 Å². The van der Waals surface area contributed by atoms with Gasteiger partial charge in [-0.15, -0.1) is 0 Å². The molecule has 10 heteroatoms. The molecule has 2 aromatic rings. The number of sulfonamides is 1. The van der Waals surface area contributed by atoms with Crippen LogP contribution in [0, 0.1) is 5.41 Å². The van der Waals surface area contributed by atoms with E-state index in [1.165, 1.54) is 18.5 Å². The van der Waals surface area contributed by atoms with Gasteiger partial charge in [-0.2, -0.15) is 0 Å². The molecular weight excluding hydrogens is 456 g/mol. The number of nitrogens with one attached hydrogen (secondary N) is 2. The Balaban J connectivity index is 1.57. The fourth-order valence-electron chi connectivity index (χ4n) is 3.74. The van der Waals surface area contributed by atoms with Crippen LogP contribution in [-0.2, 0) is 16.4 Å². The van der Waals surface area contributed by atoms with Gasteiger partial charge in [0.2, 0.25) is 5.96 Å². The Kier molecular flexibility index (Phi) is 8.38. The Morgan fingerprint density at radius 3 is 2.41 bits per heavy atom. The summed E-state index contributed by atoms with van der Waals surface area (Å²) in [6.07, 6.45) is 2.46. The number of hydrogen-bond donors (Lipinski definition) is 2. The molecule has 1 fully saturated rings. The molecule has 184 valence electrons. The third kappa shape index (κ3) is 5.61. The van der Waals surface area contributed by atoms with Gasteiger partial charge in [-0.3, -0.25) is 10.2 Å². The minimum absolute atomic E-state index is 0.0374. The fraction of sp³-hybridized carbons (Fsp3) is 0.417. The molecule has 2 aromatic carbocycles. The molecule has 9 nitrogen and oxygen atoms in total. The molecule has 0 aliphatic carbocycles. The zero-order valence-electron chi connectivity index (χ0n) is 19.8. The summed E-state index contributed by atoms with van der Waals surface area (Å²) in [6, 6.07) is 11.6. The van der Waals surface area contributed by atoms with Crippen LogP contribution in [-0.4, -0.2) is 69.9 Å². The average molecular weight is 489 g/mol. The van der Waals surface area contributed by atoms with E-state index in [9.17, 15) is 13.2 Å². The highest BCUT2D eigenvalue weighted by molar-refractivity contribution is 7.89. The molecule has 34 heavy (non-hydrogen) atoms. The second-order valence-corrected chi connectivity index (χ2v) is 9.82. The first kappa shape index (κ1) is 25.4. The van der Waals surface area contributed by atoms with Gasteiger partial charge in [-0.1, -0.05) is 25.5 Å². The topological polar surface area (TPSA) is 112 Å². The van der Waals surface area contributed by atoms with E-state index in [0.717, 1.165) is 18.4 Å². The van der Waals surface area contributed by atoms with Crippen molar-refractivity contribution in [2.24, 2.45) is 0 Å². The number of rotatable bonds is 11. The standard InChI is InChI=1S/C24H32N4O5S/c1-4-5-14-27-15-16-28(24(27)25)34(30,31)20-9-6-18(7-10-20)12-13-26-23(29)19-8-11-21(32-2)22(17-19)33-3/h6-11,17,25H,4-5,12-16H2,1-3H3,(H,26,29). The number of hydrogen-bond acceptors (Lipinski definition) is 6. The smallest absolute Gasteiger partial charge is 0.266 e.